The van der Waals surface area contributed by atoms with E-state index in [-0.39, 0.29) is 0 Å². The fourth-order valence-corrected chi connectivity index (χ4v) is 3.77. The summed E-state index contributed by atoms with van der Waals surface area (Å²) in [5.41, 5.74) is 2.47. The molecule has 2 aromatic rings. The minimum atomic E-state index is 0.507. The van der Waals surface area contributed by atoms with Gasteiger partial charge >= 0.3 is 0 Å². The Bertz CT molecular complexity index is 765. The van der Waals surface area contributed by atoms with E-state index in [1.807, 2.05) is 37.4 Å². The lowest BCUT2D eigenvalue weighted by molar-refractivity contribution is 0.167. The number of hydrogen-bond acceptors (Lipinski definition) is 3. The van der Waals surface area contributed by atoms with Crippen LogP contribution in [0.4, 0.5) is 0 Å². The Labute approximate surface area is 181 Å². The van der Waals surface area contributed by atoms with Crippen LogP contribution in [0.2, 0.25) is 0 Å². The molecule has 0 spiro atoms. The molecule has 0 aromatic heterocycles. The molecular formula is C25H36N4O. The van der Waals surface area contributed by atoms with Gasteiger partial charge in [-0.15, -0.1) is 0 Å². The summed E-state index contributed by atoms with van der Waals surface area (Å²) in [5.74, 6) is 1.81. The number of piperidine rings is 1. The quantitative estimate of drug-likeness (QED) is 0.515. The zero-order chi connectivity index (χ0) is 21.2. The van der Waals surface area contributed by atoms with Gasteiger partial charge in [0.05, 0.1) is 0 Å². The minimum Gasteiger partial charge on any atom is -0.489 e. The van der Waals surface area contributed by atoms with Gasteiger partial charge in [-0.2, -0.15) is 0 Å². The van der Waals surface area contributed by atoms with E-state index < -0.39 is 0 Å². The number of hydrogen-bond donors (Lipinski definition) is 2. The van der Waals surface area contributed by atoms with Crippen LogP contribution in [-0.4, -0.2) is 49.6 Å². The molecule has 0 unspecified atom stereocenters. The van der Waals surface area contributed by atoms with Crippen molar-refractivity contribution in [2.75, 3.05) is 26.7 Å². The van der Waals surface area contributed by atoms with Gasteiger partial charge < -0.3 is 20.3 Å². The van der Waals surface area contributed by atoms with E-state index in [0.717, 1.165) is 37.8 Å². The number of nitrogens with zero attached hydrogens (tertiary/aromatic N) is 2. The van der Waals surface area contributed by atoms with Crippen LogP contribution in [0.5, 0.6) is 5.75 Å². The maximum atomic E-state index is 5.87. The van der Waals surface area contributed by atoms with Crippen molar-refractivity contribution in [1.29, 1.82) is 0 Å². The highest BCUT2D eigenvalue weighted by molar-refractivity contribution is 5.79. The first-order valence-electron chi connectivity index (χ1n) is 11.1. The SMILES string of the molecule is CN=C(NCCc1ccc(OCc2ccccc2)cc1)NC1CCN(C(C)C)CC1. The number of nitrogens with one attached hydrogen (secondary N) is 2. The summed E-state index contributed by atoms with van der Waals surface area (Å²) in [6.45, 7) is 8.32. The molecule has 5 heteroatoms. The summed E-state index contributed by atoms with van der Waals surface area (Å²) < 4.78 is 5.87. The van der Waals surface area contributed by atoms with E-state index in [1.54, 1.807) is 0 Å². The molecule has 0 aliphatic carbocycles. The monoisotopic (exact) mass is 408 g/mol. The Morgan fingerprint density at radius 2 is 1.73 bits per heavy atom. The van der Waals surface area contributed by atoms with E-state index in [9.17, 15) is 0 Å². The molecule has 1 aliphatic heterocycles. The zero-order valence-corrected chi connectivity index (χ0v) is 18.6. The molecule has 1 heterocycles. The molecule has 2 N–H and O–H groups in total. The molecule has 0 amide bonds. The van der Waals surface area contributed by atoms with Crippen LogP contribution in [0.25, 0.3) is 0 Å². The maximum absolute atomic E-state index is 5.87. The second kappa shape index (κ2) is 11.6. The molecule has 1 saturated heterocycles. The van der Waals surface area contributed by atoms with Crippen LogP contribution >= 0.6 is 0 Å². The number of ether oxygens (including phenoxy) is 1. The van der Waals surface area contributed by atoms with Gasteiger partial charge in [-0.25, -0.2) is 0 Å². The fourth-order valence-electron chi connectivity index (χ4n) is 3.77. The van der Waals surface area contributed by atoms with Gasteiger partial charge in [0, 0.05) is 38.8 Å². The van der Waals surface area contributed by atoms with Gasteiger partial charge in [0.2, 0.25) is 0 Å². The molecule has 1 fully saturated rings. The summed E-state index contributed by atoms with van der Waals surface area (Å²) in [6.07, 6.45) is 3.29. The molecule has 0 atom stereocenters. The molecule has 0 saturated carbocycles. The van der Waals surface area contributed by atoms with Crippen molar-refractivity contribution in [3.8, 4) is 5.75 Å². The summed E-state index contributed by atoms with van der Waals surface area (Å²) in [7, 11) is 1.84. The lowest BCUT2D eigenvalue weighted by Gasteiger charge is -2.35. The average molecular weight is 409 g/mol. The normalized spacial score (nSPS) is 15.9. The van der Waals surface area contributed by atoms with Crippen LogP contribution in [0, 0.1) is 0 Å². The lowest BCUT2D eigenvalue weighted by atomic mass is 10.0. The summed E-state index contributed by atoms with van der Waals surface area (Å²) in [5, 5.41) is 7.04. The van der Waals surface area contributed by atoms with Gasteiger partial charge in [0.25, 0.3) is 0 Å². The van der Waals surface area contributed by atoms with E-state index >= 15 is 0 Å². The highest BCUT2D eigenvalue weighted by Crippen LogP contribution is 2.15. The first kappa shape index (κ1) is 22.2. The van der Waals surface area contributed by atoms with Crippen molar-refractivity contribution in [1.82, 2.24) is 15.5 Å². The second-order valence-corrected chi connectivity index (χ2v) is 8.22. The smallest absolute Gasteiger partial charge is 0.191 e. The van der Waals surface area contributed by atoms with Crippen molar-refractivity contribution in [2.24, 2.45) is 4.99 Å². The largest absolute Gasteiger partial charge is 0.489 e. The molecule has 5 nitrogen and oxygen atoms in total. The Kier molecular flexibility index (Phi) is 8.57. The molecule has 0 bridgehead atoms. The average Bonchev–Trinajstić information content (AvgIpc) is 2.79. The third-order valence-electron chi connectivity index (χ3n) is 5.70. The van der Waals surface area contributed by atoms with Crippen LogP contribution in [0.3, 0.4) is 0 Å². The first-order valence-corrected chi connectivity index (χ1v) is 11.1. The van der Waals surface area contributed by atoms with Crippen molar-refractivity contribution in [3.63, 3.8) is 0 Å². The van der Waals surface area contributed by atoms with E-state index in [0.29, 0.717) is 18.7 Å². The van der Waals surface area contributed by atoms with Gasteiger partial charge in [-0.05, 0) is 56.4 Å². The molecule has 2 aromatic carbocycles. The minimum absolute atomic E-state index is 0.507. The number of benzene rings is 2. The van der Waals surface area contributed by atoms with Crippen molar-refractivity contribution < 1.29 is 4.74 Å². The second-order valence-electron chi connectivity index (χ2n) is 8.22. The van der Waals surface area contributed by atoms with Gasteiger partial charge in [-0.3, -0.25) is 4.99 Å². The molecule has 162 valence electrons. The highest BCUT2D eigenvalue weighted by atomic mass is 16.5. The molecule has 0 radical (unpaired) electrons. The first-order chi connectivity index (χ1) is 14.6. The predicted molar refractivity (Wildman–Crippen MR) is 125 cm³/mol. The molecule has 1 aliphatic rings. The topological polar surface area (TPSA) is 48.9 Å². The summed E-state index contributed by atoms with van der Waals surface area (Å²) in [6, 6.07) is 19.8. The van der Waals surface area contributed by atoms with Crippen molar-refractivity contribution in [3.05, 3.63) is 65.7 Å². The maximum Gasteiger partial charge on any atom is 0.191 e. The Balaban J connectivity index is 1.36. The Morgan fingerprint density at radius 3 is 2.37 bits per heavy atom. The van der Waals surface area contributed by atoms with Gasteiger partial charge in [-0.1, -0.05) is 42.5 Å². The van der Waals surface area contributed by atoms with Gasteiger partial charge in [0.1, 0.15) is 12.4 Å². The van der Waals surface area contributed by atoms with E-state index in [1.165, 1.54) is 24.0 Å². The number of guanidine groups is 1. The Morgan fingerprint density at radius 1 is 1.03 bits per heavy atom. The Hall–Kier alpha value is -2.53. The highest BCUT2D eigenvalue weighted by Gasteiger charge is 2.21. The van der Waals surface area contributed by atoms with E-state index in [2.05, 4.69) is 58.6 Å². The third-order valence-corrected chi connectivity index (χ3v) is 5.70. The summed E-state index contributed by atoms with van der Waals surface area (Å²) in [4.78, 5) is 6.94. The van der Waals surface area contributed by atoms with Crippen LogP contribution < -0.4 is 15.4 Å². The third kappa shape index (κ3) is 7.06. The molecule has 3 rings (SSSR count). The van der Waals surface area contributed by atoms with Crippen LogP contribution in [-0.2, 0) is 13.0 Å². The molecular weight excluding hydrogens is 372 g/mol. The lowest BCUT2D eigenvalue weighted by Crippen LogP contribution is -2.50. The van der Waals surface area contributed by atoms with E-state index in [4.69, 9.17) is 4.74 Å². The zero-order valence-electron chi connectivity index (χ0n) is 18.6. The van der Waals surface area contributed by atoms with Crippen LogP contribution in [0.1, 0.15) is 37.8 Å². The number of likely N-dealkylation sites (tertiary alicyclic amines) is 1. The number of aliphatic imine (C=N–C) groups is 1. The predicted octanol–water partition coefficient (Wildman–Crippen LogP) is 3.85. The van der Waals surface area contributed by atoms with Gasteiger partial charge in [0.15, 0.2) is 5.96 Å². The number of rotatable bonds is 8. The fraction of sp³-hybridized carbons (Fsp3) is 0.480. The molecule has 30 heavy (non-hydrogen) atoms. The summed E-state index contributed by atoms with van der Waals surface area (Å²) >= 11 is 0. The van der Waals surface area contributed by atoms with Crippen molar-refractivity contribution >= 4 is 5.96 Å². The standard InChI is InChI=1S/C25H36N4O/c1-20(2)29-17-14-23(15-18-29)28-25(26-3)27-16-13-21-9-11-24(12-10-21)30-19-22-7-5-4-6-8-22/h4-12,20,23H,13-19H2,1-3H3,(H2,26,27,28). The van der Waals surface area contributed by atoms with Crippen LogP contribution in [0.15, 0.2) is 59.6 Å². The van der Waals surface area contributed by atoms with Crippen molar-refractivity contribution in [2.45, 2.75) is 51.8 Å².